The number of aromatic amines is 1. The number of fused-ring (bicyclic) bond motifs is 1. The maximum absolute atomic E-state index is 12.6. The summed E-state index contributed by atoms with van der Waals surface area (Å²) in [6.45, 7) is 0. The molecule has 2 aromatic heterocycles. The molecule has 0 radical (unpaired) electrons. The Bertz CT molecular complexity index is 1270. The lowest BCUT2D eigenvalue weighted by molar-refractivity contribution is 0.832. The van der Waals surface area contributed by atoms with E-state index >= 15 is 0 Å². The van der Waals surface area contributed by atoms with E-state index in [1.807, 2.05) is 6.07 Å². The number of nitriles is 3. The zero-order chi connectivity index (χ0) is 18.1. The standard InChI is InChI=1S/C16H5ClN6O2/c17-9-3-1-8(2-4-9)13-10(5-18)14-21-15(24)12(7-20)22-23(14)16(25)11(13)6-19/h1-4H,(H,21,24). The Labute approximate surface area is 144 Å². The van der Waals surface area contributed by atoms with Crippen LogP contribution in [0.4, 0.5) is 0 Å². The van der Waals surface area contributed by atoms with Gasteiger partial charge in [-0.05, 0) is 17.7 Å². The van der Waals surface area contributed by atoms with E-state index in [1.54, 1.807) is 36.4 Å². The number of nitrogens with zero attached hydrogens (tertiary/aromatic N) is 5. The lowest BCUT2D eigenvalue weighted by atomic mass is 9.97. The van der Waals surface area contributed by atoms with Crippen molar-refractivity contribution in [1.82, 2.24) is 14.6 Å². The smallest absolute Gasteiger partial charge is 0.291 e. The highest BCUT2D eigenvalue weighted by Crippen LogP contribution is 2.28. The summed E-state index contributed by atoms with van der Waals surface area (Å²) in [6, 6.07) is 11.4. The number of benzene rings is 1. The minimum atomic E-state index is -0.853. The Balaban J connectivity index is 2.59. The van der Waals surface area contributed by atoms with E-state index < -0.39 is 16.8 Å². The molecular formula is C16H5ClN6O2. The molecule has 0 saturated carbocycles. The van der Waals surface area contributed by atoms with Crippen LogP contribution in [0.15, 0.2) is 33.9 Å². The molecule has 1 aromatic carbocycles. The first-order chi connectivity index (χ1) is 12.0. The van der Waals surface area contributed by atoms with Crippen molar-refractivity contribution >= 4 is 17.2 Å². The molecule has 0 saturated heterocycles. The maximum Gasteiger partial charge on any atom is 0.291 e. The first kappa shape index (κ1) is 15.9. The summed E-state index contributed by atoms with van der Waals surface area (Å²) >= 11 is 5.84. The third-order valence-corrected chi connectivity index (χ3v) is 3.72. The van der Waals surface area contributed by atoms with Gasteiger partial charge in [0, 0.05) is 10.6 Å². The van der Waals surface area contributed by atoms with Crippen LogP contribution in [0.1, 0.15) is 16.8 Å². The second-order valence-electron chi connectivity index (χ2n) is 4.84. The fourth-order valence-corrected chi connectivity index (χ4v) is 2.50. The van der Waals surface area contributed by atoms with E-state index in [2.05, 4.69) is 10.1 Å². The molecule has 0 aliphatic carbocycles. The summed E-state index contributed by atoms with van der Waals surface area (Å²) in [6.07, 6.45) is 0. The Morgan fingerprint density at radius 3 is 2.20 bits per heavy atom. The first-order valence-corrected chi connectivity index (χ1v) is 7.09. The van der Waals surface area contributed by atoms with Crippen LogP contribution in [0.2, 0.25) is 5.02 Å². The van der Waals surface area contributed by atoms with E-state index in [9.17, 15) is 20.1 Å². The number of H-pyrrole nitrogens is 1. The van der Waals surface area contributed by atoms with Gasteiger partial charge in [0.05, 0.1) is 0 Å². The minimum absolute atomic E-state index is 0.0637. The van der Waals surface area contributed by atoms with Crippen LogP contribution in [-0.2, 0) is 0 Å². The number of pyridine rings is 1. The number of hydrogen-bond acceptors (Lipinski definition) is 6. The van der Waals surface area contributed by atoms with Crippen LogP contribution < -0.4 is 11.1 Å². The summed E-state index contributed by atoms with van der Waals surface area (Å²) in [7, 11) is 0. The lowest BCUT2D eigenvalue weighted by Crippen LogP contribution is -2.28. The van der Waals surface area contributed by atoms with Crippen molar-refractivity contribution in [2.75, 3.05) is 0 Å². The van der Waals surface area contributed by atoms with Crippen LogP contribution in [0.5, 0.6) is 0 Å². The first-order valence-electron chi connectivity index (χ1n) is 6.71. The van der Waals surface area contributed by atoms with Gasteiger partial charge in [-0.25, -0.2) is 0 Å². The summed E-state index contributed by atoms with van der Waals surface area (Å²) < 4.78 is 0.677. The molecule has 0 aliphatic heterocycles. The summed E-state index contributed by atoms with van der Waals surface area (Å²) in [5, 5.41) is 31.9. The van der Waals surface area contributed by atoms with E-state index in [0.29, 0.717) is 15.1 Å². The molecule has 8 nitrogen and oxygen atoms in total. The van der Waals surface area contributed by atoms with E-state index in [1.165, 1.54) is 0 Å². The van der Waals surface area contributed by atoms with E-state index in [0.717, 1.165) is 0 Å². The molecule has 0 spiro atoms. The second kappa shape index (κ2) is 5.93. The lowest BCUT2D eigenvalue weighted by Gasteiger charge is -2.10. The largest absolute Gasteiger partial charge is 0.303 e. The predicted molar refractivity (Wildman–Crippen MR) is 86.7 cm³/mol. The molecule has 1 N–H and O–H groups in total. The van der Waals surface area contributed by atoms with Crippen molar-refractivity contribution in [2.45, 2.75) is 0 Å². The number of aromatic nitrogens is 3. The van der Waals surface area contributed by atoms with Crippen LogP contribution >= 0.6 is 11.6 Å². The van der Waals surface area contributed by atoms with Crippen molar-refractivity contribution in [3.8, 4) is 29.3 Å². The highest BCUT2D eigenvalue weighted by Gasteiger charge is 2.21. The van der Waals surface area contributed by atoms with Gasteiger partial charge < -0.3 is 4.98 Å². The molecule has 0 fully saturated rings. The van der Waals surface area contributed by atoms with Crippen molar-refractivity contribution in [2.24, 2.45) is 0 Å². The quantitative estimate of drug-likeness (QED) is 0.703. The van der Waals surface area contributed by atoms with Gasteiger partial charge in [-0.15, -0.1) is 5.10 Å². The molecule has 3 aromatic rings. The zero-order valence-corrected chi connectivity index (χ0v) is 13.0. The summed E-state index contributed by atoms with van der Waals surface area (Å²) in [5.41, 5.74) is -2.43. The van der Waals surface area contributed by atoms with Gasteiger partial charge in [0.2, 0.25) is 5.69 Å². The molecule has 0 bridgehead atoms. The molecule has 3 rings (SSSR count). The molecule has 2 heterocycles. The van der Waals surface area contributed by atoms with Crippen molar-refractivity contribution < 1.29 is 0 Å². The minimum Gasteiger partial charge on any atom is -0.303 e. The van der Waals surface area contributed by atoms with Gasteiger partial charge in [-0.2, -0.15) is 20.3 Å². The molecule has 0 aliphatic rings. The third kappa shape index (κ3) is 2.42. The van der Waals surface area contributed by atoms with Crippen LogP contribution in [0, 0.1) is 34.0 Å². The van der Waals surface area contributed by atoms with Gasteiger partial charge >= 0.3 is 0 Å². The van der Waals surface area contributed by atoms with Crippen LogP contribution in [-0.4, -0.2) is 14.6 Å². The molecule has 0 atom stereocenters. The van der Waals surface area contributed by atoms with Crippen LogP contribution in [0.3, 0.4) is 0 Å². The third-order valence-electron chi connectivity index (χ3n) is 3.46. The highest BCUT2D eigenvalue weighted by molar-refractivity contribution is 6.30. The predicted octanol–water partition coefficient (Wildman–Crippen LogP) is 1.32. The van der Waals surface area contributed by atoms with Gasteiger partial charge in [-0.1, -0.05) is 23.7 Å². The van der Waals surface area contributed by atoms with Crippen molar-refractivity contribution in [1.29, 1.82) is 15.8 Å². The van der Waals surface area contributed by atoms with Gasteiger partial charge in [0.1, 0.15) is 29.3 Å². The average Bonchev–Trinajstić information content (AvgIpc) is 2.62. The number of nitrogens with one attached hydrogen (secondary N) is 1. The average molecular weight is 349 g/mol. The Kier molecular flexibility index (Phi) is 3.79. The fourth-order valence-electron chi connectivity index (χ4n) is 2.38. The summed E-state index contributed by atoms with van der Waals surface area (Å²) in [4.78, 5) is 26.7. The Morgan fingerprint density at radius 2 is 1.64 bits per heavy atom. The monoisotopic (exact) mass is 348 g/mol. The van der Waals surface area contributed by atoms with Crippen molar-refractivity contribution in [3.63, 3.8) is 0 Å². The number of rotatable bonds is 1. The van der Waals surface area contributed by atoms with Gasteiger partial charge in [0.15, 0.2) is 5.65 Å². The van der Waals surface area contributed by atoms with Crippen LogP contribution in [0.25, 0.3) is 16.8 Å². The van der Waals surface area contributed by atoms with Gasteiger partial charge in [-0.3, -0.25) is 9.59 Å². The Hall–Kier alpha value is -3.93. The van der Waals surface area contributed by atoms with Gasteiger partial charge in [0.25, 0.3) is 11.1 Å². The van der Waals surface area contributed by atoms with E-state index in [-0.39, 0.29) is 22.3 Å². The molecule has 118 valence electrons. The topological polar surface area (TPSA) is 139 Å². The molecule has 25 heavy (non-hydrogen) atoms. The summed E-state index contributed by atoms with van der Waals surface area (Å²) in [5.74, 6) is 0. The zero-order valence-electron chi connectivity index (χ0n) is 12.2. The van der Waals surface area contributed by atoms with E-state index in [4.69, 9.17) is 16.9 Å². The maximum atomic E-state index is 12.6. The van der Waals surface area contributed by atoms with Crippen molar-refractivity contribution in [3.05, 3.63) is 66.8 Å². The molecular weight excluding hydrogens is 344 g/mol. The molecule has 9 heteroatoms. The second-order valence-corrected chi connectivity index (χ2v) is 5.27. The SMILES string of the molecule is N#Cc1nn2c(=O)c(C#N)c(-c3ccc(Cl)cc3)c(C#N)c2[nH]c1=O. The number of halogens is 1. The molecule has 0 unspecified atom stereocenters. The Morgan fingerprint density at radius 1 is 1.00 bits per heavy atom. The molecule has 0 amide bonds. The normalized spacial score (nSPS) is 10.0. The number of hydrogen-bond donors (Lipinski definition) is 1. The highest BCUT2D eigenvalue weighted by atomic mass is 35.5. The fraction of sp³-hybridized carbons (Fsp3) is 0.